The highest BCUT2D eigenvalue weighted by atomic mass is 19.3. The van der Waals surface area contributed by atoms with Crippen LogP contribution in [0.1, 0.15) is 51.9 Å². The molecule has 5 heteroatoms. The number of carbonyl (C=O) groups is 1. The molecule has 0 bridgehead atoms. The number of esters is 1. The highest BCUT2D eigenvalue weighted by Crippen LogP contribution is 2.11. The number of halogens is 3. The third-order valence-corrected chi connectivity index (χ3v) is 2.33. The second kappa shape index (κ2) is 10.2. The lowest BCUT2D eigenvalue weighted by Crippen LogP contribution is -2.07. The summed E-state index contributed by atoms with van der Waals surface area (Å²) in [5, 5.41) is 0. The van der Waals surface area contributed by atoms with Crippen LogP contribution in [0.4, 0.5) is 13.2 Å². The highest BCUT2D eigenvalue weighted by Gasteiger charge is 2.16. The number of rotatable bonds is 9. The quantitative estimate of drug-likeness (QED) is 0.346. The summed E-state index contributed by atoms with van der Waals surface area (Å²) in [5.74, 6) is -3.66. The SMILES string of the molecule is CCCCCCCCCOC(=O)C(F)=C(F)F. The molecule has 0 spiro atoms. The van der Waals surface area contributed by atoms with Gasteiger partial charge in [0, 0.05) is 0 Å². The van der Waals surface area contributed by atoms with Crippen LogP contribution in [0.25, 0.3) is 0 Å². The molecule has 0 aromatic carbocycles. The fourth-order valence-corrected chi connectivity index (χ4v) is 1.36. The van der Waals surface area contributed by atoms with E-state index in [0.29, 0.717) is 6.42 Å². The fourth-order valence-electron chi connectivity index (χ4n) is 1.36. The van der Waals surface area contributed by atoms with Crippen LogP contribution in [-0.4, -0.2) is 12.6 Å². The molecule has 0 aliphatic heterocycles. The zero-order chi connectivity index (χ0) is 13.1. The van der Waals surface area contributed by atoms with Crippen LogP contribution in [0.3, 0.4) is 0 Å². The van der Waals surface area contributed by atoms with Gasteiger partial charge < -0.3 is 4.74 Å². The van der Waals surface area contributed by atoms with E-state index in [2.05, 4.69) is 11.7 Å². The van der Waals surface area contributed by atoms with E-state index in [-0.39, 0.29) is 6.61 Å². The molecule has 0 amide bonds. The Hall–Kier alpha value is -1.00. The van der Waals surface area contributed by atoms with E-state index >= 15 is 0 Å². The molecular formula is C12H19F3O2. The van der Waals surface area contributed by atoms with Gasteiger partial charge in [0.25, 0.3) is 5.83 Å². The first-order valence-electron chi connectivity index (χ1n) is 5.97. The summed E-state index contributed by atoms with van der Waals surface area (Å²) >= 11 is 0. The van der Waals surface area contributed by atoms with Gasteiger partial charge in [0.2, 0.25) is 0 Å². The Kier molecular flexibility index (Phi) is 9.57. The van der Waals surface area contributed by atoms with Crippen molar-refractivity contribution in [2.75, 3.05) is 6.61 Å². The average Bonchev–Trinajstić information content (AvgIpc) is 2.31. The minimum Gasteiger partial charge on any atom is -0.460 e. The van der Waals surface area contributed by atoms with E-state index in [1.807, 2.05) is 0 Å². The molecule has 0 aliphatic rings. The van der Waals surface area contributed by atoms with Crippen LogP contribution in [0.5, 0.6) is 0 Å². The van der Waals surface area contributed by atoms with Crippen molar-refractivity contribution >= 4 is 5.97 Å². The molecule has 0 heterocycles. The van der Waals surface area contributed by atoms with E-state index in [0.717, 1.165) is 19.3 Å². The van der Waals surface area contributed by atoms with Gasteiger partial charge in [0.05, 0.1) is 6.61 Å². The molecule has 0 unspecified atom stereocenters. The fraction of sp³-hybridized carbons (Fsp3) is 0.750. The summed E-state index contributed by atoms with van der Waals surface area (Å²) in [6, 6.07) is 0. The molecule has 0 rings (SSSR count). The van der Waals surface area contributed by atoms with Crippen LogP contribution in [0.2, 0.25) is 0 Å². The Morgan fingerprint density at radius 1 is 0.941 bits per heavy atom. The average molecular weight is 252 g/mol. The van der Waals surface area contributed by atoms with Crippen LogP contribution < -0.4 is 0 Å². The second-order valence-electron chi connectivity index (χ2n) is 3.83. The zero-order valence-corrected chi connectivity index (χ0v) is 10.1. The predicted molar refractivity (Wildman–Crippen MR) is 59.3 cm³/mol. The van der Waals surface area contributed by atoms with Gasteiger partial charge in [-0.1, -0.05) is 45.4 Å². The van der Waals surface area contributed by atoms with Gasteiger partial charge in [-0.2, -0.15) is 13.2 Å². The topological polar surface area (TPSA) is 26.3 Å². The molecule has 100 valence electrons. The molecule has 2 nitrogen and oxygen atoms in total. The van der Waals surface area contributed by atoms with E-state index in [1.54, 1.807) is 0 Å². The van der Waals surface area contributed by atoms with Crippen molar-refractivity contribution in [1.29, 1.82) is 0 Å². The molecule has 0 fully saturated rings. The number of hydrogen-bond donors (Lipinski definition) is 0. The van der Waals surface area contributed by atoms with Gasteiger partial charge in [0.15, 0.2) is 0 Å². The number of hydrogen-bond acceptors (Lipinski definition) is 2. The largest absolute Gasteiger partial charge is 0.460 e. The van der Waals surface area contributed by atoms with Crippen LogP contribution in [0.15, 0.2) is 11.9 Å². The lowest BCUT2D eigenvalue weighted by Gasteiger charge is -2.03. The second-order valence-corrected chi connectivity index (χ2v) is 3.83. The molecule has 0 saturated carbocycles. The number of carbonyl (C=O) groups excluding carboxylic acids is 1. The van der Waals surface area contributed by atoms with Gasteiger partial charge in [-0.05, 0) is 6.42 Å². The molecule has 17 heavy (non-hydrogen) atoms. The maximum absolute atomic E-state index is 12.3. The molecular weight excluding hydrogens is 233 g/mol. The Morgan fingerprint density at radius 3 is 2.00 bits per heavy atom. The van der Waals surface area contributed by atoms with Crippen LogP contribution >= 0.6 is 0 Å². The lowest BCUT2D eigenvalue weighted by molar-refractivity contribution is -0.141. The van der Waals surface area contributed by atoms with Crippen molar-refractivity contribution in [3.8, 4) is 0 Å². The normalized spacial score (nSPS) is 10.1. The third kappa shape index (κ3) is 8.77. The number of ether oxygens (including phenoxy) is 1. The van der Waals surface area contributed by atoms with Crippen molar-refractivity contribution in [3.05, 3.63) is 11.9 Å². The Bertz CT molecular complexity index is 248. The van der Waals surface area contributed by atoms with Gasteiger partial charge in [0.1, 0.15) is 0 Å². The van der Waals surface area contributed by atoms with Crippen molar-refractivity contribution in [3.63, 3.8) is 0 Å². The Morgan fingerprint density at radius 2 is 1.47 bits per heavy atom. The van der Waals surface area contributed by atoms with Crippen molar-refractivity contribution in [2.24, 2.45) is 0 Å². The van der Waals surface area contributed by atoms with Crippen molar-refractivity contribution in [1.82, 2.24) is 0 Å². The summed E-state index contributed by atoms with van der Waals surface area (Å²) in [4.78, 5) is 10.6. The van der Waals surface area contributed by atoms with Crippen LogP contribution in [-0.2, 0) is 9.53 Å². The summed E-state index contributed by atoms with van der Waals surface area (Å²) in [6.07, 6.45) is 4.52. The summed E-state index contributed by atoms with van der Waals surface area (Å²) in [5.41, 5.74) is 0. The molecule has 0 aromatic heterocycles. The van der Waals surface area contributed by atoms with Crippen LogP contribution in [0, 0.1) is 0 Å². The maximum atomic E-state index is 12.3. The molecule has 0 aromatic rings. The van der Waals surface area contributed by atoms with Crippen molar-refractivity contribution in [2.45, 2.75) is 51.9 Å². The highest BCUT2D eigenvalue weighted by molar-refractivity contribution is 5.86. The minimum absolute atomic E-state index is 0.00664. The van der Waals surface area contributed by atoms with Gasteiger partial charge in [-0.25, -0.2) is 4.79 Å². The summed E-state index contributed by atoms with van der Waals surface area (Å²) < 4.78 is 39.9. The first kappa shape index (κ1) is 16.0. The Labute approximate surface area is 99.8 Å². The predicted octanol–water partition coefficient (Wildman–Crippen LogP) is 4.36. The van der Waals surface area contributed by atoms with Gasteiger partial charge in [-0.15, -0.1) is 0 Å². The minimum atomic E-state index is -2.63. The van der Waals surface area contributed by atoms with Gasteiger partial charge >= 0.3 is 12.0 Å². The molecule has 0 saturated heterocycles. The standard InChI is InChI=1S/C12H19F3O2/c1-2-3-4-5-6-7-8-9-17-12(16)10(13)11(14)15/h2-9H2,1H3. The van der Waals surface area contributed by atoms with Crippen molar-refractivity contribution < 1.29 is 22.7 Å². The third-order valence-electron chi connectivity index (χ3n) is 2.33. The van der Waals surface area contributed by atoms with E-state index < -0.39 is 17.9 Å². The molecule has 0 radical (unpaired) electrons. The van der Waals surface area contributed by atoms with E-state index in [9.17, 15) is 18.0 Å². The zero-order valence-electron chi connectivity index (χ0n) is 10.1. The number of unbranched alkanes of at least 4 members (excludes halogenated alkanes) is 6. The monoisotopic (exact) mass is 252 g/mol. The van der Waals surface area contributed by atoms with E-state index in [4.69, 9.17) is 0 Å². The van der Waals surface area contributed by atoms with Gasteiger partial charge in [-0.3, -0.25) is 0 Å². The van der Waals surface area contributed by atoms with E-state index in [1.165, 1.54) is 19.3 Å². The first-order chi connectivity index (χ1) is 8.09. The summed E-state index contributed by atoms with van der Waals surface area (Å²) in [6.45, 7) is 2.12. The molecule has 0 aliphatic carbocycles. The summed E-state index contributed by atoms with van der Waals surface area (Å²) in [7, 11) is 0. The first-order valence-corrected chi connectivity index (χ1v) is 5.97. The smallest absolute Gasteiger partial charge is 0.372 e. The maximum Gasteiger partial charge on any atom is 0.372 e. The molecule has 0 N–H and O–H groups in total. The Balaban J connectivity index is 3.40. The molecule has 0 atom stereocenters. The lowest BCUT2D eigenvalue weighted by atomic mass is 10.1.